The van der Waals surface area contributed by atoms with E-state index in [-0.39, 0.29) is 5.95 Å². The van der Waals surface area contributed by atoms with Crippen molar-refractivity contribution in [3.63, 3.8) is 0 Å². The summed E-state index contributed by atoms with van der Waals surface area (Å²) in [6.07, 6.45) is 5.46. The van der Waals surface area contributed by atoms with E-state index in [1.54, 1.807) is 12.4 Å². The number of sulfonamides is 1. The second kappa shape index (κ2) is 10.3. The maximum atomic E-state index is 12.1. The van der Waals surface area contributed by atoms with Crippen LogP contribution in [0.2, 0.25) is 0 Å². The van der Waals surface area contributed by atoms with E-state index in [1.807, 2.05) is 0 Å². The number of anilines is 3. The van der Waals surface area contributed by atoms with Crippen LogP contribution in [0.1, 0.15) is 20.3 Å². The Bertz CT molecular complexity index is 1350. The van der Waals surface area contributed by atoms with Gasteiger partial charge in [-0.1, -0.05) is 13.8 Å². The van der Waals surface area contributed by atoms with E-state index in [9.17, 15) is 8.42 Å². The summed E-state index contributed by atoms with van der Waals surface area (Å²) in [5.74, 6) is 2.72. The molecule has 3 aromatic rings. The lowest BCUT2D eigenvalue weighted by Gasteiger charge is -2.34. The number of imidazole rings is 1. The Kier molecular flexibility index (Phi) is 7.14. The first kappa shape index (κ1) is 25.5. The number of nitrogen functional groups attached to an aromatic ring is 1. The summed E-state index contributed by atoms with van der Waals surface area (Å²) in [6.45, 7) is 9.67. The van der Waals surface area contributed by atoms with E-state index >= 15 is 0 Å². The number of morpholine rings is 1. The van der Waals surface area contributed by atoms with Gasteiger partial charge in [0, 0.05) is 58.2 Å². The SMILES string of the molecule is CC(C)CCn1c(N2CCN(S(C)(=O)=O)CC2)nc2c(N3CCOCC3)nc(-c3cnc(N)nc3)nc21. The number of piperazine rings is 1. The molecule has 0 amide bonds. The summed E-state index contributed by atoms with van der Waals surface area (Å²) in [5, 5.41) is 0. The second-order valence-corrected chi connectivity index (χ2v) is 11.8. The lowest BCUT2D eigenvalue weighted by Crippen LogP contribution is -2.49. The van der Waals surface area contributed by atoms with E-state index in [0.29, 0.717) is 69.8 Å². The van der Waals surface area contributed by atoms with Crippen molar-refractivity contribution in [2.24, 2.45) is 5.92 Å². The van der Waals surface area contributed by atoms with Crippen LogP contribution < -0.4 is 15.5 Å². The summed E-state index contributed by atoms with van der Waals surface area (Å²) in [6, 6.07) is 0. The van der Waals surface area contributed by atoms with Crippen molar-refractivity contribution in [2.45, 2.75) is 26.8 Å². The van der Waals surface area contributed by atoms with Crippen molar-refractivity contribution < 1.29 is 13.2 Å². The highest BCUT2D eigenvalue weighted by Gasteiger charge is 2.29. The van der Waals surface area contributed by atoms with Gasteiger partial charge in [0.05, 0.1) is 25.0 Å². The van der Waals surface area contributed by atoms with Crippen LogP contribution >= 0.6 is 0 Å². The van der Waals surface area contributed by atoms with Crippen LogP contribution in [0.5, 0.6) is 0 Å². The van der Waals surface area contributed by atoms with Gasteiger partial charge in [0.2, 0.25) is 21.9 Å². The number of nitrogens with zero attached hydrogens (tertiary/aromatic N) is 9. The fraction of sp³-hybridized carbons (Fsp3) is 0.609. The number of hydrogen-bond acceptors (Lipinski definition) is 11. The average molecular weight is 531 g/mol. The third kappa shape index (κ3) is 5.45. The van der Waals surface area contributed by atoms with Crippen molar-refractivity contribution in [1.29, 1.82) is 0 Å². The summed E-state index contributed by atoms with van der Waals surface area (Å²) >= 11 is 0. The minimum Gasteiger partial charge on any atom is -0.378 e. The minimum absolute atomic E-state index is 0.190. The fourth-order valence-corrected chi connectivity index (χ4v) is 5.43. The van der Waals surface area contributed by atoms with Crippen molar-refractivity contribution in [2.75, 3.05) is 74.3 Å². The molecule has 5 heterocycles. The highest BCUT2D eigenvalue weighted by molar-refractivity contribution is 7.88. The predicted molar refractivity (Wildman–Crippen MR) is 142 cm³/mol. The molecule has 0 saturated carbocycles. The molecule has 5 rings (SSSR count). The molecule has 2 saturated heterocycles. The van der Waals surface area contributed by atoms with Crippen LogP contribution in [0.4, 0.5) is 17.7 Å². The summed E-state index contributed by atoms with van der Waals surface area (Å²) < 4.78 is 33.4. The maximum Gasteiger partial charge on any atom is 0.219 e. The maximum absolute atomic E-state index is 12.1. The molecule has 2 aliphatic heterocycles. The molecule has 2 N–H and O–H groups in total. The first-order chi connectivity index (χ1) is 17.7. The zero-order valence-electron chi connectivity index (χ0n) is 21.5. The summed E-state index contributed by atoms with van der Waals surface area (Å²) in [4.78, 5) is 27.6. The van der Waals surface area contributed by atoms with Gasteiger partial charge in [0.1, 0.15) is 0 Å². The zero-order valence-corrected chi connectivity index (χ0v) is 22.4. The van der Waals surface area contributed by atoms with Crippen LogP contribution in [-0.4, -0.2) is 101 Å². The lowest BCUT2D eigenvalue weighted by atomic mass is 10.1. The van der Waals surface area contributed by atoms with E-state index in [0.717, 1.165) is 35.9 Å². The molecular formula is C23H34N10O3S. The van der Waals surface area contributed by atoms with Crippen LogP contribution in [-0.2, 0) is 21.3 Å². The highest BCUT2D eigenvalue weighted by Crippen LogP contribution is 2.32. The molecule has 0 atom stereocenters. The number of rotatable bonds is 7. The first-order valence-corrected chi connectivity index (χ1v) is 14.4. The second-order valence-electron chi connectivity index (χ2n) is 9.87. The monoisotopic (exact) mass is 530 g/mol. The number of fused-ring (bicyclic) bond motifs is 1. The molecule has 2 aliphatic rings. The van der Waals surface area contributed by atoms with Gasteiger partial charge < -0.3 is 20.3 Å². The molecule has 3 aromatic heterocycles. The van der Waals surface area contributed by atoms with Crippen molar-refractivity contribution in [3.8, 4) is 11.4 Å². The number of ether oxygens (including phenoxy) is 1. The number of aryl methyl sites for hydroxylation is 1. The summed E-state index contributed by atoms with van der Waals surface area (Å²) in [7, 11) is -3.23. The Labute approximate surface area is 216 Å². The third-order valence-corrected chi connectivity index (χ3v) is 8.02. The molecule has 2 fully saturated rings. The van der Waals surface area contributed by atoms with Gasteiger partial charge in [0.25, 0.3) is 0 Å². The Morgan fingerprint density at radius 2 is 1.65 bits per heavy atom. The first-order valence-electron chi connectivity index (χ1n) is 12.6. The molecule has 0 unspecified atom stereocenters. The van der Waals surface area contributed by atoms with Gasteiger partial charge in [-0.2, -0.15) is 4.31 Å². The van der Waals surface area contributed by atoms with Crippen LogP contribution in [0.15, 0.2) is 12.4 Å². The van der Waals surface area contributed by atoms with Gasteiger partial charge in [-0.05, 0) is 12.3 Å². The van der Waals surface area contributed by atoms with Gasteiger partial charge in [-0.25, -0.2) is 33.3 Å². The Balaban J connectivity index is 1.63. The molecule has 14 heteroatoms. The van der Waals surface area contributed by atoms with Gasteiger partial charge in [-0.15, -0.1) is 0 Å². The number of aromatic nitrogens is 6. The van der Waals surface area contributed by atoms with Crippen LogP contribution in [0.25, 0.3) is 22.6 Å². The normalized spacial score (nSPS) is 17.7. The van der Waals surface area contributed by atoms with Gasteiger partial charge >= 0.3 is 0 Å². The molecule has 13 nitrogen and oxygen atoms in total. The minimum atomic E-state index is -3.23. The molecule has 37 heavy (non-hydrogen) atoms. The Hall–Kier alpha value is -3.10. The molecule has 0 bridgehead atoms. The number of nitrogens with two attached hydrogens (primary N) is 1. The van der Waals surface area contributed by atoms with E-state index < -0.39 is 10.0 Å². The van der Waals surface area contributed by atoms with Crippen molar-refractivity contribution in [3.05, 3.63) is 12.4 Å². The Morgan fingerprint density at radius 3 is 2.27 bits per heavy atom. The van der Waals surface area contributed by atoms with Crippen LogP contribution in [0, 0.1) is 5.92 Å². The molecule has 0 aliphatic carbocycles. The molecular weight excluding hydrogens is 496 g/mol. The zero-order chi connectivity index (χ0) is 26.2. The smallest absolute Gasteiger partial charge is 0.219 e. The predicted octanol–water partition coefficient (Wildman–Crippen LogP) is 0.830. The van der Waals surface area contributed by atoms with E-state index in [2.05, 4.69) is 38.2 Å². The van der Waals surface area contributed by atoms with E-state index in [4.69, 9.17) is 25.4 Å². The standard InChI is InChI=1S/C23H34N10O3S/c1-16(2)4-5-33-21-18(27-23(33)31-6-8-32(9-7-31)37(3,34)35)20(30-10-12-36-13-11-30)28-19(29-21)17-14-25-22(24)26-15-17/h14-16H,4-13H2,1-3H3,(H2,24,25,26). The topological polar surface area (TPSA) is 148 Å². The van der Waals surface area contributed by atoms with Gasteiger partial charge in [-0.3, -0.25) is 4.57 Å². The molecule has 0 spiro atoms. The fourth-order valence-electron chi connectivity index (χ4n) is 4.61. The number of hydrogen-bond donors (Lipinski definition) is 1. The van der Waals surface area contributed by atoms with Crippen LogP contribution in [0.3, 0.4) is 0 Å². The third-order valence-electron chi connectivity index (χ3n) is 6.72. The Morgan fingerprint density at radius 1 is 0.973 bits per heavy atom. The average Bonchev–Trinajstić information content (AvgIpc) is 3.26. The van der Waals surface area contributed by atoms with Crippen molar-refractivity contribution >= 4 is 38.9 Å². The highest BCUT2D eigenvalue weighted by atomic mass is 32.2. The summed E-state index contributed by atoms with van der Waals surface area (Å²) in [5.41, 5.74) is 7.85. The molecule has 0 aromatic carbocycles. The molecule has 200 valence electrons. The molecule has 0 radical (unpaired) electrons. The lowest BCUT2D eigenvalue weighted by molar-refractivity contribution is 0.122. The van der Waals surface area contributed by atoms with Gasteiger partial charge in [0.15, 0.2) is 22.8 Å². The largest absolute Gasteiger partial charge is 0.378 e. The van der Waals surface area contributed by atoms with Crippen molar-refractivity contribution in [1.82, 2.24) is 33.8 Å². The van der Waals surface area contributed by atoms with E-state index in [1.165, 1.54) is 10.6 Å². The quantitative estimate of drug-likeness (QED) is 0.463.